The molecule has 2 heteroatoms. The van der Waals surface area contributed by atoms with E-state index < -0.39 is 0 Å². The Kier molecular flexibility index (Phi) is 11.1. The van der Waals surface area contributed by atoms with Gasteiger partial charge in [0.25, 0.3) is 0 Å². The third-order valence-electron chi connectivity index (χ3n) is 4.60. The zero-order valence-corrected chi connectivity index (χ0v) is 14.9. The van der Waals surface area contributed by atoms with Crippen molar-refractivity contribution in [2.24, 2.45) is 5.92 Å². The summed E-state index contributed by atoms with van der Waals surface area (Å²) in [5.41, 5.74) is 0. The second-order valence-corrected chi connectivity index (χ2v) is 6.69. The van der Waals surface area contributed by atoms with E-state index in [9.17, 15) is 4.79 Å². The van der Waals surface area contributed by atoms with Gasteiger partial charge in [-0.1, -0.05) is 84.5 Å². The molecule has 1 atom stereocenters. The summed E-state index contributed by atoms with van der Waals surface area (Å²) in [7, 11) is 0. The van der Waals surface area contributed by atoms with Crippen molar-refractivity contribution < 1.29 is 9.53 Å². The van der Waals surface area contributed by atoms with Gasteiger partial charge in [-0.05, 0) is 25.3 Å². The summed E-state index contributed by atoms with van der Waals surface area (Å²) in [5, 5.41) is 0. The molecule has 1 fully saturated rings. The number of cyclic esters (lactones) is 1. The van der Waals surface area contributed by atoms with Crippen LogP contribution in [-0.2, 0) is 9.53 Å². The second kappa shape index (κ2) is 12.7. The van der Waals surface area contributed by atoms with Crippen LogP contribution in [0.5, 0.6) is 0 Å². The lowest BCUT2D eigenvalue weighted by atomic mass is 9.93. The van der Waals surface area contributed by atoms with Crippen molar-refractivity contribution in [3.05, 3.63) is 11.8 Å². The average molecular weight is 309 g/mol. The fourth-order valence-electron chi connectivity index (χ4n) is 3.06. The molecule has 1 unspecified atom stereocenters. The first-order valence-corrected chi connectivity index (χ1v) is 9.71. The van der Waals surface area contributed by atoms with Gasteiger partial charge in [0, 0.05) is 0 Å². The van der Waals surface area contributed by atoms with E-state index in [0.29, 0.717) is 0 Å². The van der Waals surface area contributed by atoms with E-state index in [0.717, 1.165) is 25.0 Å². The number of carbonyl (C=O) groups is 1. The molecular formula is C20H36O2. The molecule has 0 radical (unpaired) electrons. The molecular weight excluding hydrogens is 272 g/mol. The van der Waals surface area contributed by atoms with Crippen LogP contribution in [-0.4, -0.2) is 5.97 Å². The van der Waals surface area contributed by atoms with Crippen molar-refractivity contribution in [3.8, 4) is 0 Å². The van der Waals surface area contributed by atoms with Crippen LogP contribution >= 0.6 is 0 Å². The smallest absolute Gasteiger partial charge is 0.321 e. The monoisotopic (exact) mass is 308 g/mol. The number of esters is 1. The largest absolute Gasteiger partial charge is 0.430 e. The number of unbranched alkanes of at least 4 members (excludes halogenated alkanes) is 11. The van der Waals surface area contributed by atoms with Crippen LogP contribution in [0.4, 0.5) is 0 Å². The van der Waals surface area contributed by atoms with E-state index in [-0.39, 0.29) is 11.9 Å². The molecule has 22 heavy (non-hydrogen) atoms. The summed E-state index contributed by atoms with van der Waals surface area (Å²) < 4.78 is 5.21. The molecule has 1 heterocycles. The highest BCUT2D eigenvalue weighted by Crippen LogP contribution is 2.32. The van der Waals surface area contributed by atoms with Crippen LogP contribution in [0.1, 0.15) is 104 Å². The maximum absolute atomic E-state index is 11.6. The number of allylic oxidation sites excluding steroid dienone is 1. The first kappa shape index (κ1) is 19.3. The van der Waals surface area contributed by atoms with Gasteiger partial charge in [-0.3, -0.25) is 4.79 Å². The fourth-order valence-corrected chi connectivity index (χ4v) is 3.06. The minimum absolute atomic E-state index is 0.00255. The quantitative estimate of drug-likeness (QED) is 0.269. The molecule has 2 nitrogen and oxygen atoms in total. The van der Waals surface area contributed by atoms with Crippen LogP contribution in [0.15, 0.2) is 11.8 Å². The van der Waals surface area contributed by atoms with Crippen molar-refractivity contribution in [2.75, 3.05) is 0 Å². The van der Waals surface area contributed by atoms with E-state index in [1.807, 2.05) is 0 Å². The number of hydrogen-bond donors (Lipinski definition) is 0. The predicted octanol–water partition coefficient (Wildman–Crippen LogP) is 6.54. The Labute approximate surface area is 137 Å². The number of rotatable bonds is 14. The van der Waals surface area contributed by atoms with Gasteiger partial charge in [-0.25, -0.2) is 0 Å². The fraction of sp³-hybridized carbons (Fsp3) is 0.850. The third kappa shape index (κ3) is 8.00. The zero-order valence-electron chi connectivity index (χ0n) is 14.9. The molecule has 0 aromatic carbocycles. The normalized spacial score (nSPS) is 19.3. The van der Waals surface area contributed by atoms with Crippen molar-refractivity contribution in [2.45, 2.75) is 104 Å². The van der Waals surface area contributed by atoms with Crippen LogP contribution in [0.2, 0.25) is 0 Å². The maximum Gasteiger partial charge on any atom is 0.321 e. The topological polar surface area (TPSA) is 26.3 Å². The summed E-state index contributed by atoms with van der Waals surface area (Å²) >= 11 is 0. The minimum Gasteiger partial charge on any atom is -0.430 e. The molecule has 128 valence electrons. The standard InChI is InChI=1S/C20H36O2/c1-3-5-7-9-11-13-15-17-19-18(20(21)22-19)16-14-12-10-8-6-4-2/h17-18H,3-16H2,1-2H3/b19-17-. The van der Waals surface area contributed by atoms with Gasteiger partial charge in [0.05, 0.1) is 0 Å². The highest BCUT2D eigenvalue weighted by Gasteiger charge is 2.36. The molecule has 0 saturated carbocycles. The van der Waals surface area contributed by atoms with Crippen molar-refractivity contribution in [1.29, 1.82) is 0 Å². The summed E-state index contributed by atoms with van der Waals surface area (Å²) in [6, 6.07) is 0. The number of ether oxygens (including phenoxy) is 1. The van der Waals surface area contributed by atoms with E-state index in [1.165, 1.54) is 70.6 Å². The summed E-state index contributed by atoms with van der Waals surface area (Å²) in [4.78, 5) is 11.6. The van der Waals surface area contributed by atoms with E-state index >= 15 is 0 Å². The Bertz CT molecular complexity index is 320. The van der Waals surface area contributed by atoms with E-state index in [1.54, 1.807) is 0 Å². The predicted molar refractivity (Wildman–Crippen MR) is 93.7 cm³/mol. The highest BCUT2D eigenvalue weighted by molar-refractivity contribution is 5.82. The van der Waals surface area contributed by atoms with Gasteiger partial charge in [-0.2, -0.15) is 0 Å². The molecule has 1 saturated heterocycles. The molecule has 0 aromatic heterocycles. The maximum atomic E-state index is 11.6. The Morgan fingerprint density at radius 1 is 0.818 bits per heavy atom. The van der Waals surface area contributed by atoms with E-state index in [2.05, 4.69) is 19.9 Å². The number of hydrogen-bond acceptors (Lipinski definition) is 2. The van der Waals surface area contributed by atoms with Gasteiger partial charge in [0.2, 0.25) is 0 Å². The van der Waals surface area contributed by atoms with Gasteiger partial charge >= 0.3 is 5.97 Å². The first-order chi connectivity index (χ1) is 10.8. The Morgan fingerprint density at radius 3 is 1.95 bits per heavy atom. The molecule has 1 rings (SSSR count). The molecule has 0 N–H and O–H groups in total. The van der Waals surface area contributed by atoms with Crippen molar-refractivity contribution >= 4 is 5.97 Å². The van der Waals surface area contributed by atoms with E-state index in [4.69, 9.17) is 4.74 Å². The summed E-state index contributed by atoms with van der Waals surface area (Å²) in [6.07, 6.45) is 19.9. The lowest BCUT2D eigenvalue weighted by Crippen LogP contribution is -2.32. The van der Waals surface area contributed by atoms with Gasteiger partial charge < -0.3 is 4.74 Å². The Balaban J connectivity index is 2.05. The SMILES string of the molecule is CCCCCCCC/C=C1\OC(=O)C1CCCCCCCC. The first-order valence-electron chi connectivity index (χ1n) is 9.71. The lowest BCUT2D eigenvalue weighted by Gasteiger charge is -2.28. The van der Waals surface area contributed by atoms with Crippen molar-refractivity contribution in [3.63, 3.8) is 0 Å². The van der Waals surface area contributed by atoms with Gasteiger partial charge in [0.15, 0.2) is 0 Å². The lowest BCUT2D eigenvalue weighted by molar-refractivity contribution is -0.157. The van der Waals surface area contributed by atoms with Gasteiger partial charge in [-0.15, -0.1) is 0 Å². The minimum atomic E-state index is 0.00255. The summed E-state index contributed by atoms with van der Waals surface area (Å²) in [6.45, 7) is 4.49. The van der Waals surface area contributed by atoms with Crippen LogP contribution in [0.25, 0.3) is 0 Å². The average Bonchev–Trinajstić information content (AvgIpc) is 2.52. The van der Waals surface area contributed by atoms with Crippen molar-refractivity contribution in [1.82, 2.24) is 0 Å². The molecule has 1 aliphatic rings. The van der Waals surface area contributed by atoms with Gasteiger partial charge in [0.1, 0.15) is 11.7 Å². The molecule has 0 bridgehead atoms. The second-order valence-electron chi connectivity index (χ2n) is 6.69. The van der Waals surface area contributed by atoms with Crippen LogP contribution in [0.3, 0.4) is 0 Å². The molecule has 0 aliphatic carbocycles. The Hall–Kier alpha value is -0.790. The molecule has 0 aromatic rings. The zero-order chi connectivity index (χ0) is 16.0. The molecule has 0 spiro atoms. The Morgan fingerprint density at radius 2 is 1.36 bits per heavy atom. The van der Waals surface area contributed by atoms with Crippen LogP contribution in [0, 0.1) is 5.92 Å². The van der Waals surface area contributed by atoms with Crippen LogP contribution < -0.4 is 0 Å². The molecule has 1 aliphatic heterocycles. The third-order valence-corrected chi connectivity index (χ3v) is 4.60. The molecule has 0 amide bonds. The number of carbonyl (C=O) groups excluding carboxylic acids is 1. The highest BCUT2D eigenvalue weighted by atomic mass is 16.6. The summed E-state index contributed by atoms with van der Waals surface area (Å²) in [5.74, 6) is 1.06.